The molecule has 0 bridgehead atoms. The van der Waals surface area contributed by atoms with E-state index in [1.54, 1.807) is 4.68 Å². The molecule has 1 aromatic heterocycles. The molecule has 0 radical (unpaired) electrons. The monoisotopic (exact) mass is 278 g/mol. The highest BCUT2D eigenvalue weighted by molar-refractivity contribution is 6.30. The van der Waals surface area contributed by atoms with Crippen LogP contribution in [0.15, 0.2) is 18.2 Å². The molecular weight excluding hydrogens is 260 g/mol. The van der Waals surface area contributed by atoms with E-state index in [9.17, 15) is 5.11 Å². The van der Waals surface area contributed by atoms with Crippen molar-refractivity contribution < 1.29 is 5.11 Å². The number of hydrogen-bond acceptors (Lipinski definition) is 2. The molecule has 0 fully saturated rings. The summed E-state index contributed by atoms with van der Waals surface area (Å²) in [5.41, 5.74) is 4.91. The van der Waals surface area contributed by atoms with Gasteiger partial charge in [-0.25, -0.2) is 4.68 Å². The third-order valence-corrected chi connectivity index (χ3v) is 3.49. The number of benzene rings is 1. The van der Waals surface area contributed by atoms with Gasteiger partial charge in [-0.2, -0.15) is 5.10 Å². The first kappa shape index (κ1) is 14.1. The molecule has 3 nitrogen and oxygen atoms in total. The maximum atomic E-state index is 9.46. The highest BCUT2D eigenvalue weighted by Crippen LogP contribution is 2.25. The summed E-state index contributed by atoms with van der Waals surface area (Å²) in [5, 5.41) is 14.5. The molecule has 19 heavy (non-hydrogen) atoms. The Morgan fingerprint density at radius 1 is 1.21 bits per heavy atom. The fourth-order valence-corrected chi connectivity index (χ4v) is 2.61. The lowest BCUT2D eigenvalue weighted by Gasteiger charge is -2.06. The molecule has 1 N–H and O–H groups in total. The Morgan fingerprint density at radius 2 is 1.84 bits per heavy atom. The van der Waals surface area contributed by atoms with E-state index in [1.807, 2.05) is 26.0 Å². The zero-order valence-corrected chi connectivity index (χ0v) is 12.3. The van der Waals surface area contributed by atoms with Gasteiger partial charge in [0.05, 0.1) is 18.0 Å². The molecule has 0 aliphatic heterocycles. The molecule has 0 saturated heterocycles. The molecule has 0 aliphatic carbocycles. The molecule has 0 saturated carbocycles. The Kier molecular flexibility index (Phi) is 4.27. The number of aliphatic hydroxyl groups excluding tert-OH is 1. The lowest BCUT2D eigenvalue weighted by Crippen LogP contribution is -1.98. The van der Waals surface area contributed by atoms with E-state index < -0.39 is 0 Å². The molecule has 0 atom stereocenters. The highest BCUT2D eigenvalue weighted by Gasteiger charge is 2.16. The van der Waals surface area contributed by atoms with Crippen molar-refractivity contribution in [3.63, 3.8) is 0 Å². The van der Waals surface area contributed by atoms with Gasteiger partial charge >= 0.3 is 0 Å². The predicted octanol–water partition coefficient (Wildman–Crippen LogP) is 3.59. The van der Waals surface area contributed by atoms with E-state index in [2.05, 4.69) is 18.1 Å². The molecule has 1 aromatic carbocycles. The lowest BCUT2D eigenvalue weighted by molar-refractivity contribution is 0.280. The predicted molar refractivity (Wildman–Crippen MR) is 78.0 cm³/mol. The van der Waals surface area contributed by atoms with Gasteiger partial charge in [0.25, 0.3) is 0 Å². The number of aliphatic hydroxyl groups is 1. The van der Waals surface area contributed by atoms with Crippen molar-refractivity contribution in [3.8, 4) is 5.69 Å². The Morgan fingerprint density at radius 3 is 2.37 bits per heavy atom. The van der Waals surface area contributed by atoms with Crippen LogP contribution in [-0.4, -0.2) is 14.9 Å². The molecule has 0 aliphatic rings. The third kappa shape index (κ3) is 2.82. The van der Waals surface area contributed by atoms with Gasteiger partial charge in [-0.3, -0.25) is 0 Å². The van der Waals surface area contributed by atoms with Crippen molar-refractivity contribution >= 4 is 11.6 Å². The first-order chi connectivity index (χ1) is 9.06. The van der Waals surface area contributed by atoms with Crippen molar-refractivity contribution in [2.75, 3.05) is 0 Å². The summed E-state index contributed by atoms with van der Waals surface area (Å²) in [6.07, 6.45) is 1.81. The van der Waals surface area contributed by atoms with Crippen LogP contribution < -0.4 is 0 Å². The number of hydrogen-bond donors (Lipinski definition) is 1. The van der Waals surface area contributed by atoms with Crippen LogP contribution in [0.1, 0.15) is 35.7 Å². The van der Waals surface area contributed by atoms with Gasteiger partial charge in [0.1, 0.15) is 5.15 Å². The minimum absolute atomic E-state index is 0.0705. The van der Waals surface area contributed by atoms with Crippen molar-refractivity contribution in [1.29, 1.82) is 0 Å². The Balaban J connectivity index is 2.55. The van der Waals surface area contributed by atoms with Crippen LogP contribution in [0.25, 0.3) is 5.69 Å². The Hall–Kier alpha value is -1.32. The Labute approximate surface area is 118 Å². The zero-order chi connectivity index (χ0) is 14.0. The van der Waals surface area contributed by atoms with Crippen LogP contribution in [0, 0.1) is 13.8 Å². The van der Waals surface area contributed by atoms with Gasteiger partial charge in [0.15, 0.2) is 0 Å². The Bertz CT molecular complexity index is 570. The van der Waals surface area contributed by atoms with Crippen LogP contribution in [0.4, 0.5) is 0 Å². The van der Waals surface area contributed by atoms with Crippen molar-refractivity contribution in [1.82, 2.24) is 9.78 Å². The summed E-state index contributed by atoms with van der Waals surface area (Å²) in [4.78, 5) is 0. The number of aromatic nitrogens is 2. The fourth-order valence-electron chi connectivity index (χ4n) is 2.31. The van der Waals surface area contributed by atoms with E-state index in [0.29, 0.717) is 5.15 Å². The molecule has 2 rings (SSSR count). The van der Waals surface area contributed by atoms with Crippen LogP contribution >= 0.6 is 11.6 Å². The number of aryl methyl sites for hydroxylation is 3. The molecule has 4 heteroatoms. The second kappa shape index (κ2) is 5.76. The van der Waals surface area contributed by atoms with Gasteiger partial charge in [-0.05, 0) is 43.5 Å². The summed E-state index contributed by atoms with van der Waals surface area (Å²) < 4.78 is 1.72. The van der Waals surface area contributed by atoms with Crippen molar-refractivity contribution in [3.05, 3.63) is 45.7 Å². The maximum absolute atomic E-state index is 9.46. The largest absolute Gasteiger partial charge is 0.391 e. The molecular formula is C15H19ClN2O. The van der Waals surface area contributed by atoms with Gasteiger partial charge in [-0.1, -0.05) is 31.0 Å². The average molecular weight is 279 g/mol. The van der Waals surface area contributed by atoms with Gasteiger partial charge < -0.3 is 5.11 Å². The number of halogens is 1. The smallest absolute Gasteiger partial charge is 0.138 e. The van der Waals surface area contributed by atoms with Gasteiger partial charge in [0.2, 0.25) is 0 Å². The zero-order valence-electron chi connectivity index (χ0n) is 11.6. The van der Waals surface area contributed by atoms with Gasteiger partial charge in [0, 0.05) is 5.56 Å². The summed E-state index contributed by atoms with van der Waals surface area (Å²) in [5.74, 6) is 0. The van der Waals surface area contributed by atoms with E-state index in [-0.39, 0.29) is 6.61 Å². The van der Waals surface area contributed by atoms with Crippen LogP contribution in [0.5, 0.6) is 0 Å². The molecule has 2 aromatic rings. The average Bonchev–Trinajstić information content (AvgIpc) is 2.65. The third-order valence-electron chi connectivity index (χ3n) is 3.10. The molecule has 0 unspecified atom stereocenters. The molecule has 0 spiro atoms. The SMILES string of the molecule is CCCc1nn(-c2cc(C)cc(C)c2)c(Cl)c1CO. The van der Waals surface area contributed by atoms with E-state index >= 15 is 0 Å². The first-order valence-corrected chi connectivity index (χ1v) is 6.90. The minimum Gasteiger partial charge on any atom is -0.391 e. The van der Waals surface area contributed by atoms with E-state index in [0.717, 1.165) is 29.8 Å². The second-order valence-electron chi connectivity index (χ2n) is 4.88. The van der Waals surface area contributed by atoms with Gasteiger partial charge in [-0.15, -0.1) is 0 Å². The quantitative estimate of drug-likeness (QED) is 0.928. The summed E-state index contributed by atoms with van der Waals surface area (Å²) in [7, 11) is 0. The standard InChI is InChI=1S/C15H19ClN2O/c1-4-5-14-13(9-19)15(16)18(17-14)12-7-10(2)6-11(3)8-12/h6-8,19H,4-5,9H2,1-3H3. The van der Waals surface area contributed by atoms with Crippen LogP contribution in [0.2, 0.25) is 5.15 Å². The second-order valence-corrected chi connectivity index (χ2v) is 5.24. The summed E-state index contributed by atoms with van der Waals surface area (Å²) in [6.45, 7) is 6.12. The first-order valence-electron chi connectivity index (χ1n) is 6.52. The van der Waals surface area contributed by atoms with Crippen LogP contribution in [-0.2, 0) is 13.0 Å². The van der Waals surface area contributed by atoms with E-state index in [4.69, 9.17) is 11.6 Å². The summed E-state index contributed by atoms with van der Waals surface area (Å²) >= 11 is 6.35. The van der Waals surface area contributed by atoms with E-state index in [1.165, 1.54) is 11.1 Å². The minimum atomic E-state index is -0.0705. The topological polar surface area (TPSA) is 38.0 Å². The number of rotatable bonds is 4. The fraction of sp³-hybridized carbons (Fsp3) is 0.400. The normalized spacial score (nSPS) is 11.0. The van der Waals surface area contributed by atoms with Crippen molar-refractivity contribution in [2.24, 2.45) is 0 Å². The molecule has 1 heterocycles. The maximum Gasteiger partial charge on any atom is 0.138 e. The number of nitrogens with zero attached hydrogens (tertiary/aromatic N) is 2. The van der Waals surface area contributed by atoms with Crippen LogP contribution in [0.3, 0.4) is 0 Å². The van der Waals surface area contributed by atoms with Crippen molar-refractivity contribution in [2.45, 2.75) is 40.2 Å². The summed E-state index contributed by atoms with van der Waals surface area (Å²) in [6, 6.07) is 6.20. The molecule has 0 amide bonds. The lowest BCUT2D eigenvalue weighted by atomic mass is 10.1. The highest BCUT2D eigenvalue weighted by atomic mass is 35.5. The molecule has 102 valence electrons.